The third kappa shape index (κ3) is 1.71. The van der Waals surface area contributed by atoms with Crippen LogP contribution in [0.1, 0.15) is 28.4 Å². The van der Waals surface area contributed by atoms with Gasteiger partial charge < -0.3 is 5.11 Å². The van der Waals surface area contributed by atoms with Crippen LogP contribution in [-0.4, -0.2) is 15.3 Å². The SMILES string of the molecule is CC(=O)c1cc(C)cn2c(=O)c(C)c(O)cc12. The average molecular weight is 231 g/mol. The Morgan fingerprint density at radius 2 is 1.94 bits per heavy atom. The van der Waals surface area contributed by atoms with Crippen LogP contribution in [-0.2, 0) is 0 Å². The number of rotatable bonds is 1. The normalized spacial score (nSPS) is 10.8. The largest absolute Gasteiger partial charge is 0.507 e. The molecule has 17 heavy (non-hydrogen) atoms. The van der Waals surface area contributed by atoms with Crippen LogP contribution in [0.2, 0.25) is 0 Å². The van der Waals surface area contributed by atoms with E-state index in [2.05, 4.69) is 0 Å². The highest BCUT2D eigenvalue weighted by molar-refractivity contribution is 6.01. The molecule has 88 valence electrons. The molecule has 2 heterocycles. The molecule has 0 bridgehead atoms. The van der Waals surface area contributed by atoms with Gasteiger partial charge in [-0.3, -0.25) is 14.0 Å². The van der Waals surface area contributed by atoms with Gasteiger partial charge in [0, 0.05) is 17.8 Å². The lowest BCUT2D eigenvalue weighted by atomic mass is 10.1. The summed E-state index contributed by atoms with van der Waals surface area (Å²) in [7, 11) is 0. The summed E-state index contributed by atoms with van der Waals surface area (Å²) in [6.07, 6.45) is 1.66. The maximum absolute atomic E-state index is 12.0. The summed E-state index contributed by atoms with van der Waals surface area (Å²) in [6, 6.07) is 3.17. The smallest absolute Gasteiger partial charge is 0.261 e. The number of aromatic hydroxyl groups is 1. The Morgan fingerprint density at radius 1 is 1.29 bits per heavy atom. The maximum atomic E-state index is 12.0. The van der Waals surface area contributed by atoms with Crippen molar-refractivity contribution in [2.75, 3.05) is 0 Å². The molecule has 0 fully saturated rings. The van der Waals surface area contributed by atoms with Crippen LogP contribution in [0.25, 0.3) is 5.52 Å². The van der Waals surface area contributed by atoms with Crippen LogP contribution in [0.5, 0.6) is 5.75 Å². The molecule has 1 N–H and O–H groups in total. The molecule has 0 spiro atoms. The van der Waals surface area contributed by atoms with Crippen molar-refractivity contribution >= 4 is 11.3 Å². The number of hydrogen-bond donors (Lipinski definition) is 1. The van der Waals surface area contributed by atoms with E-state index in [4.69, 9.17) is 0 Å². The van der Waals surface area contributed by atoms with E-state index in [1.807, 2.05) is 6.92 Å². The topological polar surface area (TPSA) is 58.8 Å². The third-order valence-corrected chi connectivity index (χ3v) is 2.82. The first-order valence-corrected chi connectivity index (χ1v) is 5.28. The first kappa shape index (κ1) is 11.4. The van der Waals surface area contributed by atoms with Crippen LogP contribution in [0.4, 0.5) is 0 Å². The molecule has 0 aromatic carbocycles. The summed E-state index contributed by atoms with van der Waals surface area (Å²) in [6.45, 7) is 4.82. The average Bonchev–Trinajstić information content (AvgIpc) is 2.26. The second-order valence-electron chi connectivity index (χ2n) is 4.20. The molecular formula is C13H13NO3. The van der Waals surface area contributed by atoms with Crippen LogP contribution in [0, 0.1) is 13.8 Å². The lowest BCUT2D eigenvalue weighted by Crippen LogP contribution is -2.18. The van der Waals surface area contributed by atoms with Gasteiger partial charge in [0.15, 0.2) is 5.78 Å². The number of carbonyl (C=O) groups is 1. The van der Waals surface area contributed by atoms with Crippen molar-refractivity contribution in [3.8, 4) is 5.75 Å². The van der Waals surface area contributed by atoms with Gasteiger partial charge in [0.1, 0.15) is 5.75 Å². The molecule has 0 aliphatic heterocycles. The quantitative estimate of drug-likeness (QED) is 0.761. The molecule has 2 aromatic heterocycles. The van der Waals surface area contributed by atoms with E-state index in [-0.39, 0.29) is 22.7 Å². The van der Waals surface area contributed by atoms with E-state index >= 15 is 0 Å². The van der Waals surface area contributed by atoms with Gasteiger partial charge >= 0.3 is 0 Å². The fourth-order valence-electron chi connectivity index (χ4n) is 1.87. The number of pyridine rings is 2. The Morgan fingerprint density at radius 3 is 2.53 bits per heavy atom. The second-order valence-corrected chi connectivity index (χ2v) is 4.20. The van der Waals surface area contributed by atoms with Gasteiger partial charge in [-0.25, -0.2) is 0 Å². The van der Waals surface area contributed by atoms with Gasteiger partial charge in [-0.1, -0.05) is 0 Å². The predicted molar refractivity (Wildman–Crippen MR) is 64.8 cm³/mol. The van der Waals surface area contributed by atoms with Crippen LogP contribution < -0.4 is 5.56 Å². The van der Waals surface area contributed by atoms with Gasteiger partial charge in [-0.2, -0.15) is 0 Å². The number of aromatic nitrogens is 1. The lowest BCUT2D eigenvalue weighted by molar-refractivity contribution is 0.101. The Labute approximate surface area is 98.1 Å². The van der Waals surface area contributed by atoms with Gasteiger partial charge in [-0.05, 0) is 32.4 Å². The van der Waals surface area contributed by atoms with Crippen LogP contribution >= 0.6 is 0 Å². The number of Topliss-reactive ketones (excluding diaryl/α,β-unsaturated/α-hetero) is 1. The van der Waals surface area contributed by atoms with E-state index in [9.17, 15) is 14.7 Å². The van der Waals surface area contributed by atoms with E-state index in [1.54, 1.807) is 19.2 Å². The van der Waals surface area contributed by atoms with Crippen molar-refractivity contribution in [3.63, 3.8) is 0 Å². The van der Waals surface area contributed by atoms with E-state index in [1.165, 1.54) is 17.4 Å². The van der Waals surface area contributed by atoms with E-state index in [0.29, 0.717) is 11.1 Å². The Bertz CT molecular complexity index is 683. The minimum absolute atomic E-state index is 0.0821. The van der Waals surface area contributed by atoms with Crippen LogP contribution in [0.15, 0.2) is 23.1 Å². The highest BCUT2D eigenvalue weighted by Gasteiger charge is 2.12. The van der Waals surface area contributed by atoms with Gasteiger partial charge in [0.05, 0.1) is 11.1 Å². The van der Waals surface area contributed by atoms with Crippen molar-refractivity contribution in [1.29, 1.82) is 0 Å². The van der Waals surface area contributed by atoms with Crippen molar-refractivity contribution in [2.45, 2.75) is 20.8 Å². The zero-order chi connectivity index (χ0) is 12.7. The summed E-state index contributed by atoms with van der Waals surface area (Å²) < 4.78 is 1.40. The van der Waals surface area contributed by atoms with E-state index < -0.39 is 0 Å². The molecule has 2 aromatic rings. The van der Waals surface area contributed by atoms with Crippen molar-refractivity contribution in [1.82, 2.24) is 4.40 Å². The highest BCUT2D eigenvalue weighted by Crippen LogP contribution is 2.19. The molecule has 0 saturated heterocycles. The fourth-order valence-corrected chi connectivity index (χ4v) is 1.87. The summed E-state index contributed by atoms with van der Waals surface area (Å²) >= 11 is 0. The third-order valence-electron chi connectivity index (χ3n) is 2.82. The van der Waals surface area contributed by atoms with E-state index in [0.717, 1.165) is 5.56 Å². The molecule has 0 atom stereocenters. The predicted octanol–water partition coefficient (Wildman–Crippen LogP) is 1.82. The summed E-state index contributed by atoms with van der Waals surface area (Å²) in [4.78, 5) is 23.5. The molecule has 0 aliphatic carbocycles. The fraction of sp³-hybridized carbons (Fsp3) is 0.231. The Hall–Kier alpha value is -2.10. The number of hydrogen-bond acceptors (Lipinski definition) is 3. The summed E-state index contributed by atoms with van der Waals surface area (Å²) in [5.74, 6) is -0.213. The Kier molecular flexibility index (Phi) is 2.50. The number of nitrogens with zero attached hydrogens (tertiary/aromatic N) is 1. The minimum atomic E-state index is -0.300. The molecule has 2 rings (SSSR count). The lowest BCUT2D eigenvalue weighted by Gasteiger charge is -2.09. The summed E-state index contributed by atoms with van der Waals surface area (Å²) in [5, 5.41) is 9.65. The van der Waals surface area contributed by atoms with Crippen molar-refractivity contribution in [3.05, 3.63) is 45.4 Å². The maximum Gasteiger partial charge on any atom is 0.261 e. The summed E-state index contributed by atoms with van der Waals surface area (Å²) in [5.41, 5.74) is 1.69. The number of ketones is 1. The van der Waals surface area contributed by atoms with Crippen LogP contribution in [0.3, 0.4) is 0 Å². The van der Waals surface area contributed by atoms with Crippen molar-refractivity contribution < 1.29 is 9.90 Å². The molecule has 0 aliphatic rings. The number of fused-ring (bicyclic) bond motifs is 1. The minimum Gasteiger partial charge on any atom is -0.507 e. The standard InChI is InChI=1S/C13H13NO3/c1-7-4-10(9(3)15)11-5-12(16)8(2)13(17)14(11)6-7/h4-6,16H,1-3H3. The molecule has 4 heteroatoms. The number of aryl methyl sites for hydroxylation is 1. The van der Waals surface area contributed by atoms with Gasteiger partial charge in [-0.15, -0.1) is 0 Å². The molecule has 4 nitrogen and oxygen atoms in total. The first-order valence-electron chi connectivity index (χ1n) is 5.28. The molecular weight excluding hydrogens is 218 g/mol. The molecule has 0 amide bonds. The van der Waals surface area contributed by atoms with Gasteiger partial charge in [0.2, 0.25) is 0 Å². The highest BCUT2D eigenvalue weighted by atomic mass is 16.3. The monoisotopic (exact) mass is 231 g/mol. The molecule has 0 radical (unpaired) electrons. The second kappa shape index (κ2) is 3.73. The zero-order valence-corrected chi connectivity index (χ0v) is 9.94. The van der Waals surface area contributed by atoms with Crippen molar-refractivity contribution in [2.24, 2.45) is 0 Å². The first-order chi connectivity index (χ1) is 7.91. The molecule has 0 saturated carbocycles. The zero-order valence-electron chi connectivity index (χ0n) is 9.94. The van der Waals surface area contributed by atoms with Gasteiger partial charge in [0.25, 0.3) is 5.56 Å². The number of carbonyl (C=O) groups excluding carboxylic acids is 1. The molecule has 0 unspecified atom stereocenters. The Balaban J connectivity index is 3.05.